The molecule has 3 amide bonds. The van der Waals surface area contributed by atoms with Crippen LogP contribution in [0.2, 0.25) is 0 Å². The quantitative estimate of drug-likeness (QED) is 0.774. The van der Waals surface area contributed by atoms with Crippen LogP contribution >= 0.6 is 0 Å². The van der Waals surface area contributed by atoms with Crippen molar-refractivity contribution in [3.8, 4) is 5.75 Å². The molecule has 0 aliphatic rings. The highest BCUT2D eigenvalue weighted by Crippen LogP contribution is 2.16. The maximum absolute atomic E-state index is 11.6. The molecule has 132 valence electrons. The lowest BCUT2D eigenvalue weighted by Crippen LogP contribution is -2.49. The number of imide groups is 1. The van der Waals surface area contributed by atoms with Crippen molar-refractivity contribution in [1.29, 1.82) is 0 Å². The zero-order valence-corrected chi connectivity index (χ0v) is 14.5. The fourth-order valence-electron chi connectivity index (χ4n) is 1.72. The van der Waals surface area contributed by atoms with Gasteiger partial charge in [0, 0.05) is 5.54 Å². The minimum Gasteiger partial charge on any atom is -0.493 e. The van der Waals surface area contributed by atoms with Crippen LogP contribution in [0.3, 0.4) is 0 Å². The van der Waals surface area contributed by atoms with Gasteiger partial charge in [-0.05, 0) is 39.3 Å². The normalized spacial score (nSPS) is 10.7. The van der Waals surface area contributed by atoms with Crippen molar-refractivity contribution >= 4 is 17.9 Å². The van der Waals surface area contributed by atoms with E-state index in [0.29, 0.717) is 5.75 Å². The van der Waals surface area contributed by atoms with E-state index >= 15 is 0 Å². The van der Waals surface area contributed by atoms with Crippen LogP contribution < -0.4 is 15.4 Å². The third-order valence-corrected chi connectivity index (χ3v) is 2.76. The summed E-state index contributed by atoms with van der Waals surface area (Å²) in [6, 6.07) is 6.81. The van der Waals surface area contributed by atoms with E-state index in [0.717, 1.165) is 5.56 Å². The van der Waals surface area contributed by atoms with Crippen molar-refractivity contribution in [3.05, 3.63) is 29.8 Å². The molecule has 0 spiro atoms. The van der Waals surface area contributed by atoms with Crippen molar-refractivity contribution in [2.45, 2.75) is 39.7 Å². The lowest BCUT2D eigenvalue weighted by molar-refractivity contribution is -0.148. The Bertz CT molecular complexity index is 593. The highest BCUT2D eigenvalue weighted by molar-refractivity contribution is 5.95. The van der Waals surface area contributed by atoms with E-state index in [4.69, 9.17) is 9.47 Å². The molecule has 0 aliphatic carbocycles. The van der Waals surface area contributed by atoms with Gasteiger partial charge in [-0.25, -0.2) is 4.79 Å². The van der Waals surface area contributed by atoms with Gasteiger partial charge in [-0.3, -0.25) is 14.9 Å². The van der Waals surface area contributed by atoms with Gasteiger partial charge in [-0.1, -0.05) is 18.2 Å². The number of nitrogens with one attached hydrogen (secondary N) is 2. The first-order chi connectivity index (χ1) is 11.2. The zero-order valence-electron chi connectivity index (χ0n) is 14.5. The molecule has 0 saturated heterocycles. The van der Waals surface area contributed by atoms with Crippen LogP contribution in [-0.2, 0) is 14.3 Å². The highest BCUT2D eigenvalue weighted by Gasteiger charge is 2.16. The molecule has 0 aliphatic heterocycles. The molecule has 0 aromatic heterocycles. The number of urea groups is 1. The number of hydrogen-bond donors (Lipinski definition) is 2. The summed E-state index contributed by atoms with van der Waals surface area (Å²) >= 11 is 0. The molecule has 7 heteroatoms. The van der Waals surface area contributed by atoms with E-state index in [1.54, 1.807) is 20.8 Å². The molecule has 2 N–H and O–H groups in total. The minimum absolute atomic E-state index is 0.00972. The Morgan fingerprint density at radius 1 is 1.12 bits per heavy atom. The average molecular weight is 336 g/mol. The van der Waals surface area contributed by atoms with Gasteiger partial charge >= 0.3 is 12.0 Å². The van der Waals surface area contributed by atoms with Crippen molar-refractivity contribution in [2.24, 2.45) is 0 Å². The number of rotatable bonds is 6. The van der Waals surface area contributed by atoms with E-state index < -0.39 is 30.1 Å². The molecule has 1 aromatic rings. The van der Waals surface area contributed by atoms with Gasteiger partial charge < -0.3 is 14.8 Å². The van der Waals surface area contributed by atoms with Gasteiger partial charge in [0.2, 0.25) is 0 Å². The minimum atomic E-state index is -0.690. The van der Waals surface area contributed by atoms with Crippen molar-refractivity contribution in [3.63, 3.8) is 0 Å². The number of hydrogen-bond acceptors (Lipinski definition) is 5. The molecule has 0 atom stereocenters. The van der Waals surface area contributed by atoms with Gasteiger partial charge in [0.05, 0.1) is 13.0 Å². The van der Waals surface area contributed by atoms with Crippen LogP contribution in [0.5, 0.6) is 5.75 Å². The SMILES string of the molecule is Cc1ccccc1OCCC(=O)OCC(=O)NC(=O)NC(C)(C)C. The summed E-state index contributed by atoms with van der Waals surface area (Å²) in [5.41, 5.74) is 0.503. The standard InChI is InChI=1S/C17H24N2O5/c1-12-7-5-6-8-13(12)23-10-9-15(21)24-11-14(20)18-16(22)19-17(2,3)4/h5-8H,9-11H2,1-4H3,(H2,18,19,20,22). The van der Waals surface area contributed by atoms with Crippen molar-refractivity contribution in [2.75, 3.05) is 13.2 Å². The number of ether oxygens (including phenoxy) is 2. The van der Waals surface area contributed by atoms with Gasteiger partial charge in [0.1, 0.15) is 5.75 Å². The number of carbonyl (C=O) groups is 3. The largest absolute Gasteiger partial charge is 0.493 e. The predicted molar refractivity (Wildman–Crippen MR) is 88.7 cm³/mol. The second-order valence-electron chi connectivity index (χ2n) is 6.28. The van der Waals surface area contributed by atoms with Crippen LogP contribution in [-0.4, -0.2) is 36.7 Å². The van der Waals surface area contributed by atoms with Gasteiger partial charge in [-0.2, -0.15) is 0 Å². The van der Waals surface area contributed by atoms with Crippen LogP contribution in [0.15, 0.2) is 24.3 Å². The van der Waals surface area contributed by atoms with Crippen LogP contribution in [0, 0.1) is 6.92 Å². The van der Waals surface area contributed by atoms with E-state index in [1.807, 2.05) is 31.2 Å². The molecule has 0 unspecified atom stereocenters. The maximum atomic E-state index is 11.6. The summed E-state index contributed by atoms with van der Waals surface area (Å²) < 4.78 is 10.3. The second kappa shape index (κ2) is 8.90. The van der Waals surface area contributed by atoms with Gasteiger partial charge in [0.25, 0.3) is 5.91 Å². The molecular weight excluding hydrogens is 312 g/mol. The monoisotopic (exact) mass is 336 g/mol. The van der Waals surface area contributed by atoms with E-state index in [-0.39, 0.29) is 13.0 Å². The third kappa shape index (κ3) is 8.17. The van der Waals surface area contributed by atoms with Crippen LogP contribution in [0.4, 0.5) is 4.79 Å². The summed E-state index contributed by atoms with van der Waals surface area (Å²) in [5.74, 6) is -0.568. The summed E-state index contributed by atoms with van der Waals surface area (Å²) in [6.07, 6.45) is 0.00972. The van der Waals surface area contributed by atoms with E-state index in [2.05, 4.69) is 10.6 Å². The molecule has 24 heavy (non-hydrogen) atoms. The summed E-state index contributed by atoms with van der Waals surface area (Å²) in [4.78, 5) is 34.5. The third-order valence-electron chi connectivity index (χ3n) is 2.76. The van der Waals surface area contributed by atoms with E-state index in [1.165, 1.54) is 0 Å². The first-order valence-electron chi connectivity index (χ1n) is 7.63. The lowest BCUT2D eigenvalue weighted by Gasteiger charge is -2.20. The lowest BCUT2D eigenvalue weighted by atomic mass is 10.1. The summed E-state index contributed by atoms with van der Waals surface area (Å²) in [6.45, 7) is 6.89. The average Bonchev–Trinajstić information content (AvgIpc) is 2.45. The highest BCUT2D eigenvalue weighted by atomic mass is 16.5. The van der Waals surface area contributed by atoms with Crippen molar-refractivity contribution < 1.29 is 23.9 Å². The topological polar surface area (TPSA) is 93.7 Å². The number of carbonyl (C=O) groups excluding carboxylic acids is 3. The Hall–Kier alpha value is -2.57. The summed E-state index contributed by atoms with van der Waals surface area (Å²) in [7, 11) is 0. The second-order valence-corrected chi connectivity index (χ2v) is 6.28. The Labute approximate surface area is 141 Å². The molecule has 1 rings (SSSR count). The summed E-state index contributed by atoms with van der Waals surface area (Å²) in [5, 5.41) is 4.65. The Kier molecular flexibility index (Phi) is 7.23. The number of amides is 3. The maximum Gasteiger partial charge on any atom is 0.321 e. The smallest absolute Gasteiger partial charge is 0.321 e. The van der Waals surface area contributed by atoms with E-state index in [9.17, 15) is 14.4 Å². The van der Waals surface area contributed by atoms with Gasteiger partial charge in [0.15, 0.2) is 6.61 Å². The first kappa shape index (κ1) is 19.5. The Morgan fingerprint density at radius 2 is 1.79 bits per heavy atom. The fraction of sp³-hybridized carbons (Fsp3) is 0.471. The van der Waals surface area contributed by atoms with Crippen LogP contribution in [0.25, 0.3) is 0 Å². The van der Waals surface area contributed by atoms with Crippen molar-refractivity contribution in [1.82, 2.24) is 10.6 Å². The molecular formula is C17H24N2O5. The number of para-hydroxylation sites is 1. The molecule has 0 saturated carbocycles. The predicted octanol–water partition coefficient (Wildman–Crippen LogP) is 1.93. The molecule has 0 bridgehead atoms. The fourth-order valence-corrected chi connectivity index (χ4v) is 1.72. The molecule has 0 radical (unpaired) electrons. The molecule has 1 aromatic carbocycles. The molecule has 7 nitrogen and oxygen atoms in total. The van der Waals surface area contributed by atoms with Gasteiger partial charge in [-0.15, -0.1) is 0 Å². The molecule has 0 fully saturated rings. The van der Waals surface area contributed by atoms with Crippen LogP contribution in [0.1, 0.15) is 32.8 Å². The number of esters is 1. The molecule has 0 heterocycles. The number of benzene rings is 1. The number of aryl methyl sites for hydroxylation is 1. The Balaban J connectivity index is 2.23. The first-order valence-corrected chi connectivity index (χ1v) is 7.63. The Morgan fingerprint density at radius 3 is 2.42 bits per heavy atom. The zero-order chi connectivity index (χ0) is 18.2.